The molecule has 2 rings (SSSR count). The minimum absolute atomic E-state index is 0.0120. The molecule has 1 aromatic rings. The van der Waals surface area contributed by atoms with E-state index in [0.29, 0.717) is 13.1 Å². The molecule has 0 aromatic carbocycles. The predicted octanol–water partition coefficient (Wildman–Crippen LogP) is 1.25. The standard InChI is InChI=1S/C13H14N2O3S/c1-2-5-14(9-12(16)17)13(18)15-6-3-11-10(8-15)4-7-19-11/h1,4,7H,3,5-6,8-9H2,(H,16,17). The number of aliphatic carboxylic acids is 1. The summed E-state index contributed by atoms with van der Waals surface area (Å²) >= 11 is 1.69. The third kappa shape index (κ3) is 3.06. The van der Waals surface area contributed by atoms with Crippen LogP contribution in [-0.2, 0) is 17.8 Å². The van der Waals surface area contributed by atoms with Crippen LogP contribution in [0.15, 0.2) is 11.4 Å². The number of hydrogen-bond donors (Lipinski definition) is 1. The van der Waals surface area contributed by atoms with Gasteiger partial charge in [-0.15, -0.1) is 17.8 Å². The van der Waals surface area contributed by atoms with E-state index >= 15 is 0 Å². The molecule has 0 saturated carbocycles. The summed E-state index contributed by atoms with van der Waals surface area (Å²) in [5, 5.41) is 10.8. The third-order valence-corrected chi connectivity index (χ3v) is 3.98. The summed E-state index contributed by atoms with van der Waals surface area (Å²) < 4.78 is 0. The first kappa shape index (κ1) is 13.4. The summed E-state index contributed by atoms with van der Waals surface area (Å²) in [5.74, 6) is 1.27. The highest BCUT2D eigenvalue weighted by molar-refractivity contribution is 7.10. The molecule has 0 atom stereocenters. The second-order valence-corrected chi connectivity index (χ2v) is 5.28. The number of carbonyl (C=O) groups is 2. The highest BCUT2D eigenvalue weighted by atomic mass is 32.1. The van der Waals surface area contributed by atoms with Gasteiger partial charge in [-0.3, -0.25) is 4.79 Å². The van der Waals surface area contributed by atoms with E-state index in [-0.39, 0.29) is 19.1 Å². The summed E-state index contributed by atoms with van der Waals surface area (Å²) in [6.45, 7) is 0.777. The molecule has 0 spiro atoms. The van der Waals surface area contributed by atoms with E-state index in [1.54, 1.807) is 16.2 Å². The molecule has 1 aromatic heterocycles. The Morgan fingerprint density at radius 3 is 3.05 bits per heavy atom. The zero-order valence-electron chi connectivity index (χ0n) is 10.3. The van der Waals surface area contributed by atoms with Crippen LogP contribution in [0.25, 0.3) is 0 Å². The van der Waals surface area contributed by atoms with Crippen LogP contribution in [0.5, 0.6) is 0 Å². The second kappa shape index (κ2) is 5.76. The van der Waals surface area contributed by atoms with Gasteiger partial charge in [0.05, 0.1) is 6.54 Å². The number of amides is 2. The number of carboxylic acid groups (broad SMARTS) is 1. The van der Waals surface area contributed by atoms with Crippen molar-refractivity contribution < 1.29 is 14.7 Å². The van der Waals surface area contributed by atoms with E-state index < -0.39 is 5.97 Å². The SMILES string of the molecule is C#CCN(CC(=O)O)C(=O)N1CCc2sccc2C1. The van der Waals surface area contributed by atoms with Crippen molar-refractivity contribution in [2.75, 3.05) is 19.6 Å². The fourth-order valence-electron chi connectivity index (χ4n) is 2.08. The lowest BCUT2D eigenvalue weighted by molar-refractivity contribution is -0.137. The number of terminal acetylenes is 1. The van der Waals surface area contributed by atoms with Crippen molar-refractivity contribution in [2.24, 2.45) is 0 Å². The lowest BCUT2D eigenvalue weighted by Gasteiger charge is -2.31. The Morgan fingerprint density at radius 1 is 1.58 bits per heavy atom. The minimum atomic E-state index is -1.06. The van der Waals surface area contributed by atoms with E-state index in [9.17, 15) is 9.59 Å². The van der Waals surface area contributed by atoms with Gasteiger partial charge < -0.3 is 14.9 Å². The van der Waals surface area contributed by atoms with Crippen molar-refractivity contribution in [3.8, 4) is 12.3 Å². The minimum Gasteiger partial charge on any atom is -0.480 e. The first-order valence-corrected chi connectivity index (χ1v) is 6.74. The van der Waals surface area contributed by atoms with Gasteiger partial charge in [0.15, 0.2) is 0 Å². The number of nitrogens with zero attached hydrogens (tertiary/aromatic N) is 2. The van der Waals surface area contributed by atoms with Gasteiger partial charge in [-0.1, -0.05) is 5.92 Å². The molecular formula is C13H14N2O3S. The van der Waals surface area contributed by atoms with E-state index in [1.807, 2.05) is 11.4 Å². The summed E-state index contributed by atoms with van der Waals surface area (Å²) in [4.78, 5) is 27.1. The van der Waals surface area contributed by atoms with Crippen LogP contribution in [0.2, 0.25) is 0 Å². The van der Waals surface area contributed by atoms with E-state index in [2.05, 4.69) is 5.92 Å². The zero-order chi connectivity index (χ0) is 13.8. The molecule has 6 heteroatoms. The quantitative estimate of drug-likeness (QED) is 0.846. The van der Waals surface area contributed by atoms with Crippen LogP contribution >= 0.6 is 11.3 Å². The molecule has 5 nitrogen and oxygen atoms in total. The fourth-order valence-corrected chi connectivity index (χ4v) is 2.97. The molecular weight excluding hydrogens is 264 g/mol. The van der Waals surface area contributed by atoms with Gasteiger partial charge in [-0.05, 0) is 23.4 Å². The number of carbonyl (C=O) groups excluding carboxylic acids is 1. The van der Waals surface area contributed by atoms with Crippen LogP contribution in [-0.4, -0.2) is 46.5 Å². The Hall–Kier alpha value is -2.00. The molecule has 19 heavy (non-hydrogen) atoms. The van der Waals surface area contributed by atoms with Crippen molar-refractivity contribution in [1.29, 1.82) is 0 Å². The van der Waals surface area contributed by atoms with Crippen molar-refractivity contribution in [1.82, 2.24) is 9.80 Å². The monoisotopic (exact) mass is 278 g/mol. The summed E-state index contributed by atoms with van der Waals surface area (Å²) in [5.41, 5.74) is 1.14. The van der Waals surface area contributed by atoms with Crippen molar-refractivity contribution >= 4 is 23.3 Å². The second-order valence-electron chi connectivity index (χ2n) is 4.28. The number of urea groups is 1. The van der Waals surface area contributed by atoms with Gasteiger partial charge in [0, 0.05) is 18.0 Å². The average Bonchev–Trinajstić information content (AvgIpc) is 2.84. The number of fused-ring (bicyclic) bond motifs is 1. The smallest absolute Gasteiger partial charge is 0.323 e. The van der Waals surface area contributed by atoms with Crippen LogP contribution in [0.4, 0.5) is 4.79 Å². The normalized spacial score (nSPS) is 13.5. The Balaban J connectivity index is 2.06. The van der Waals surface area contributed by atoms with Gasteiger partial charge in [0.25, 0.3) is 0 Å². The highest BCUT2D eigenvalue weighted by Crippen LogP contribution is 2.24. The maximum Gasteiger partial charge on any atom is 0.323 e. The summed E-state index contributed by atoms with van der Waals surface area (Å²) in [6.07, 6.45) is 5.99. The molecule has 1 aliphatic heterocycles. The Kier molecular flexibility index (Phi) is 4.07. The molecule has 0 fully saturated rings. The number of carboxylic acids is 1. The molecule has 0 radical (unpaired) electrons. The van der Waals surface area contributed by atoms with Gasteiger partial charge in [-0.2, -0.15) is 0 Å². The van der Waals surface area contributed by atoms with Gasteiger partial charge in [0.1, 0.15) is 6.54 Å². The van der Waals surface area contributed by atoms with E-state index in [4.69, 9.17) is 11.5 Å². The Morgan fingerprint density at radius 2 is 2.37 bits per heavy atom. The molecule has 2 amide bonds. The molecule has 0 saturated heterocycles. The van der Waals surface area contributed by atoms with E-state index in [0.717, 1.165) is 12.0 Å². The number of hydrogen-bond acceptors (Lipinski definition) is 3. The predicted molar refractivity (Wildman–Crippen MR) is 71.9 cm³/mol. The highest BCUT2D eigenvalue weighted by Gasteiger charge is 2.26. The lowest BCUT2D eigenvalue weighted by Crippen LogP contribution is -2.47. The Labute approximate surface area is 115 Å². The van der Waals surface area contributed by atoms with Crippen LogP contribution in [0.1, 0.15) is 10.4 Å². The lowest BCUT2D eigenvalue weighted by atomic mass is 10.1. The molecule has 2 heterocycles. The maximum atomic E-state index is 12.3. The first-order chi connectivity index (χ1) is 9.11. The van der Waals surface area contributed by atoms with Crippen molar-refractivity contribution in [3.63, 3.8) is 0 Å². The van der Waals surface area contributed by atoms with Crippen molar-refractivity contribution in [3.05, 3.63) is 21.9 Å². The van der Waals surface area contributed by atoms with Crippen LogP contribution in [0, 0.1) is 12.3 Å². The summed E-state index contributed by atoms with van der Waals surface area (Å²) in [7, 11) is 0. The Bertz CT molecular complexity index is 532. The van der Waals surface area contributed by atoms with Gasteiger partial charge in [-0.25, -0.2) is 4.79 Å². The molecule has 100 valence electrons. The van der Waals surface area contributed by atoms with Crippen LogP contribution < -0.4 is 0 Å². The van der Waals surface area contributed by atoms with Gasteiger partial charge >= 0.3 is 12.0 Å². The molecule has 0 aliphatic carbocycles. The first-order valence-electron chi connectivity index (χ1n) is 5.86. The van der Waals surface area contributed by atoms with Gasteiger partial charge in [0.2, 0.25) is 0 Å². The fraction of sp³-hybridized carbons (Fsp3) is 0.385. The van der Waals surface area contributed by atoms with Crippen LogP contribution in [0.3, 0.4) is 0 Å². The topological polar surface area (TPSA) is 60.9 Å². The third-order valence-electron chi connectivity index (χ3n) is 2.96. The molecule has 1 aliphatic rings. The largest absolute Gasteiger partial charge is 0.480 e. The number of thiophene rings is 1. The van der Waals surface area contributed by atoms with Crippen molar-refractivity contribution in [2.45, 2.75) is 13.0 Å². The molecule has 1 N–H and O–H groups in total. The molecule has 0 bridgehead atoms. The number of rotatable bonds is 3. The maximum absolute atomic E-state index is 12.3. The molecule has 0 unspecified atom stereocenters. The summed E-state index contributed by atoms with van der Waals surface area (Å²) in [6, 6.07) is 1.69. The average molecular weight is 278 g/mol. The zero-order valence-corrected chi connectivity index (χ0v) is 11.2. The van der Waals surface area contributed by atoms with E-state index in [1.165, 1.54) is 9.78 Å².